The molecule has 1 amide bonds. The molecule has 21 heavy (non-hydrogen) atoms. The van der Waals surface area contributed by atoms with Crippen molar-refractivity contribution >= 4 is 16.4 Å². The van der Waals surface area contributed by atoms with Gasteiger partial charge in [-0.25, -0.2) is 0 Å². The van der Waals surface area contributed by atoms with E-state index in [2.05, 4.69) is 14.4 Å². The van der Waals surface area contributed by atoms with Crippen molar-refractivity contribution in [1.29, 1.82) is 0 Å². The number of alkyl halides is 2. The van der Waals surface area contributed by atoms with Crippen LogP contribution in [0.3, 0.4) is 0 Å². The topological polar surface area (TPSA) is 84.8 Å². The van der Waals surface area contributed by atoms with Gasteiger partial charge in [0.2, 0.25) is 5.91 Å². The molecule has 1 atom stereocenters. The number of benzene rings is 1. The first-order valence-corrected chi connectivity index (χ1v) is 6.54. The SMILES string of the molecule is C.O=C(NCc1ccccc1)[C@@H](COC(F)F)N=S(=O)=O. The maximum absolute atomic E-state index is 11.9. The van der Waals surface area contributed by atoms with Crippen molar-refractivity contribution in [3.8, 4) is 0 Å². The van der Waals surface area contributed by atoms with Gasteiger partial charge in [-0.3, -0.25) is 4.79 Å². The van der Waals surface area contributed by atoms with Crippen LogP contribution in [0.5, 0.6) is 0 Å². The van der Waals surface area contributed by atoms with Gasteiger partial charge >= 0.3 is 17.1 Å². The molecule has 1 aromatic rings. The van der Waals surface area contributed by atoms with Gasteiger partial charge < -0.3 is 10.1 Å². The Labute approximate surface area is 122 Å². The second-order valence-electron chi connectivity index (χ2n) is 3.64. The highest BCUT2D eigenvalue weighted by molar-refractivity contribution is 7.61. The Morgan fingerprint density at radius 1 is 1.29 bits per heavy atom. The molecule has 6 nitrogen and oxygen atoms in total. The van der Waals surface area contributed by atoms with Gasteiger partial charge in [0.15, 0.2) is 6.04 Å². The molecule has 9 heteroatoms. The third-order valence-electron chi connectivity index (χ3n) is 2.21. The van der Waals surface area contributed by atoms with Crippen molar-refractivity contribution in [1.82, 2.24) is 5.32 Å². The summed E-state index contributed by atoms with van der Waals surface area (Å²) in [6.45, 7) is -3.78. The molecule has 0 spiro atoms. The molecule has 0 radical (unpaired) electrons. The quantitative estimate of drug-likeness (QED) is 0.826. The summed E-state index contributed by atoms with van der Waals surface area (Å²) in [5.41, 5.74) is 0.776. The van der Waals surface area contributed by atoms with Gasteiger partial charge in [-0.1, -0.05) is 37.8 Å². The van der Waals surface area contributed by atoms with E-state index in [1.54, 1.807) is 30.3 Å². The molecule has 0 aliphatic carbocycles. The van der Waals surface area contributed by atoms with E-state index >= 15 is 0 Å². The molecule has 0 bridgehead atoms. The molecule has 1 aromatic carbocycles. The minimum atomic E-state index is -3.10. The van der Waals surface area contributed by atoms with E-state index in [-0.39, 0.29) is 14.0 Å². The van der Waals surface area contributed by atoms with E-state index < -0.39 is 35.7 Å². The summed E-state index contributed by atoms with van der Waals surface area (Å²) in [5, 5.41) is 2.40. The average molecular weight is 322 g/mol. The number of hydrogen-bond acceptors (Lipinski definition) is 5. The number of carbonyl (C=O) groups excluding carboxylic acids is 1. The fourth-order valence-corrected chi connectivity index (χ4v) is 1.69. The van der Waals surface area contributed by atoms with Crippen molar-refractivity contribution in [3.63, 3.8) is 0 Å². The maximum Gasteiger partial charge on any atom is 0.345 e. The second-order valence-corrected chi connectivity index (χ2v) is 4.28. The maximum atomic E-state index is 11.9. The van der Waals surface area contributed by atoms with Crippen LogP contribution in [-0.4, -0.2) is 33.6 Å². The summed E-state index contributed by atoms with van der Waals surface area (Å²) in [6, 6.07) is 7.26. The Balaban J connectivity index is 0.00000400. The van der Waals surface area contributed by atoms with Crippen LogP contribution in [-0.2, 0) is 26.6 Å². The fourth-order valence-electron chi connectivity index (χ4n) is 1.32. The lowest BCUT2D eigenvalue weighted by Crippen LogP contribution is -2.36. The molecule has 1 rings (SSSR count). The summed E-state index contributed by atoms with van der Waals surface area (Å²) >= 11 is 0. The molecular weight excluding hydrogens is 306 g/mol. The highest BCUT2D eigenvalue weighted by Gasteiger charge is 2.20. The lowest BCUT2D eigenvalue weighted by atomic mass is 10.2. The summed E-state index contributed by atoms with van der Waals surface area (Å²) in [6.07, 6.45) is 0. The Kier molecular flexibility index (Phi) is 9.06. The Bertz CT molecular complexity index is 556. The van der Waals surface area contributed by atoms with Gasteiger partial charge in [-0.2, -0.15) is 21.6 Å². The summed E-state index contributed by atoms with van der Waals surface area (Å²) < 4.78 is 51.6. The Morgan fingerprint density at radius 3 is 2.43 bits per heavy atom. The predicted molar refractivity (Wildman–Crippen MR) is 72.1 cm³/mol. The zero-order chi connectivity index (χ0) is 15.0. The Morgan fingerprint density at radius 2 is 1.90 bits per heavy atom. The molecule has 0 aromatic heterocycles. The molecule has 0 saturated heterocycles. The van der Waals surface area contributed by atoms with Gasteiger partial charge in [0.1, 0.15) is 0 Å². The summed E-state index contributed by atoms with van der Waals surface area (Å²) in [4.78, 5) is 11.7. The van der Waals surface area contributed by atoms with Crippen LogP contribution in [0.15, 0.2) is 34.7 Å². The minimum Gasteiger partial charge on any atom is -0.350 e. The highest BCUT2D eigenvalue weighted by atomic mass is 32.2. The fraction of sp³-hybridized carbons (Fsp3) is 0.417. The number of nitrogens with zero attached hydrogens (tertiary/aromatic N) is 1. The molecule has 0 saturated carbocycles. The number of amides is 1. The first kappa shape index (κ1) is 19.1. The number of carbonyl (C=O) groups is 1. The van der Waals surface area contributed by atoms with Crippen LogP contribution in [0.4, 0.5) is 8.78 Å². The van der Waals surface area contributed by atoms with Crippen LogP contribution in [0.2, 0.25) is 0 Å². The van der Waals surface area contributed by atoms with Crippen LogP contribution in [0, 0.1) is 0 Å². The number of nitrogens with one attached hydrogen (secondary N) is 1. The lowest BCUT2D eigenvalue weighted by molar-refractivity contribution is -0.141. The molecule has 1 N–H and O–H groups in total. The van der Waals surface area contributed by atoms with E-state index in [1.807, 2.05) is 0 Å². The van der Waals surface area contributed by atoms with E-state index in [0.29, 0.717) is 0 Å². The summed E-state index contributed by atoms with van der Waals surface area (Å²) in [5.74, 6) is -0.807. The molecule has 0 heterocycles. The number of hydrogen-bond donors (Lipinski definition) is 1. The molecular formula is C12H16F2N2O4S. The van der Waals surface area contributed by atoms with Gasteiger partial charge in [0.25, 0.3) is 0 Å². The van der Waals surface area contributed by atoms with E-state index in [9.17, 15) is 22.0 Å². The normalized spacial score (nSPS) is 11.4. The van der Waals surface area contributed by atoms with Crippen LogP contribution in [0.1, 0.15) is 13.0 Å². The van der Waals surface area contributed by atoms with E-state index in [4.69, 9.17) is 0 Å². The van der Waals surface area contributed by atoms with E-state index in [0.717, 1.165) is 5.56 Å². The van der Waals surface area contributed by atoms with Crippen LogP contribution < -0.4 is 5.32 Å². The number of halogens is 2. The van der Waals surface area contributed by atoms with Gasteiger partial charge in [-0.15, -0.1) is 0 Å². The van der Waals surface area contributed by atoms with Crippen molar-refractivity contribution in [2.75, 3.05) is 6.61 Å². The smallest absolute Gasteiger partial charge is 0.345 e. The van der Waals surface area contributed by atoms with Crippen LogP contribution >= 0.6 is 0 Å². The Hall–Kier alpha value is -1.87. The van der Waals surface area contributed by atoms with Gasteiger partial charge in [0.05, 0.1) is 6.61 Å². The minimum absolute atomic E-state index is 0. The monoisotopic (exact) mass is 322 g/mol. The third-order valence-corrected chi connectivity index (χ3v) is 2.63. The molecule has 0 unspecified atom stereocenters. The zero-order valence-electron chi connectivity index (χ0n) is 10.2. The van der Waals surface area contributed by atoms with Crippen molar-refractivity contribution < 1.29 is 26.7 Å². The highest BCUT2D eigenvalue weighted by Crippen LogP contribution is 2.02. The van der Waals surface area contributed by atoms with E-state index in [1.165, 1.54) is 0 Å². The first-order chi connectivity index (χ1) is 9.49. The number of rotatable bonds is 7. The number of ether oxygens (including phenoxy) is 1. The lowest BCUT2D eigenvalue weighted by Gasteiger charge is -2.11. The largest absolute Gasteiger partial charge is 0.350 e. The van der Waals surface area contributed by atoms with Gasteiger partial charge in [-0.05, 0) is 5.56 Å². The van der Waals surface area contributed by atoms with Crippen LogP contribution in [0.25, 0.3) is 0 Å². The van der Waals surface area contributed by atoms with Crippen molar-refractivity contribution in [2.24, 2.45) is 4.36 Å². The molecule has 0 aliphatic rings. The zero-order valence-corrected chi connectivity index (χ0v) is 11.0. The van der Waals surface area contributed by atoms with Gasteiger partial charge in [0, 0.05) is 6.54 Å². The third kappa shape index (κ3) is 8.10. The molecule has 0 fully saturated rings. The first-order valence-electron chi connectivity index (χ1n) is 5.50. The molecule has 118 valence electrons. The molecule has 0 aliphatic heterocycles. The van der Waals surface area contributed by atoms with Crippen molar-refractivity contribution in [3.05, 3.63) is 35.9 Å². The summed E-state index contributed by atoms with van der Waals surface area (Å²) in [7, 11) is -2.89. The standard InChI is InChI=1S/C11H12F2N2O4S.CH4/c12-11(13)19-7-9(15-20(17)18)10(16)14-6-8-4-2-1-3-5-8;/h1-5,9,11H,6-7H2,(H,14,16);1H4/t9-;/m1./s1. The second kappa shape index (κ2) is 9.94. The van der Waals surface area contributed by atoms with Crippen molar-refractivity contribution in [2.45, 2.75) is 26.6 Å². The predicted octanol–water partition coefficient (Wildman–Crippen LogP) is 1.61. The average Bonchev–Trinajstić information content (AvgIpc) is 2.41.